The minimum absolute atomic E-state index is 0.00473. The Balaban J connectivity index is 4.11. The molecule has 0 aromatic rings. The average molecular weight is 290 g/mol. The molecule has 2 amide bonds. The second-order valence-electron chi connectivity index (χ2n) is 3.63. The third-order valence-electron chi connectivity index (χ3n) is 2.12. The van der Waals surface area contributed by atoms with Crippen molar-refractivity contribution < 1.29 is 33.8 Å². The molecule has 0 rings (SSSR count). The number of methoxy groups -OCH3 is 1. The molecule has 0 bridgehead atoms. The van der Waals surface area contributed by atoms with Gasteiger partial charge >= 0.3 is 23.9 Å². The summed E-state index contributed by atoms with van der Waals surface area (Å²) in [6.45, 7) is 1.89. The van der Waals surface area contributed by atoms with Gasteiger partial charge in [-0.25, -0.2) is 9.59 Å². The van der Waals surface area contributed by atoms with E-state index in [0.717, 1.165) is 7.11 Å². The fraction of sp³-hybridized carbons (Fsp3) is 0.636. The number of aliphatic carboxylic acids is 1. The Labute approximate surface area is 115 Å². The highest BCUT2D eigenvalue weighted by atomic mass is 16.5. The Bertz CT molecular complexity index is 370. The van der Waals surface area contributed by atoms with Crippen molar-refractivity contribution in [1.29, 1.82) is 0 Å². The third-order valence-corrected chi connectivity index (χ3v) is 2.12. The normalized spacial score (nSPS) is 11.1. The second kappa shape index (κ2) is 9.59. The van der Waals surface area contributed by atoms with Gasteiger partial charge in [0.05, 0.1) is 26.6 Å². The molecule has 0 spiro atoms. The average Bonchev–Trinajstić information content (AvgIpc) is 2.37. The van der Waals surface area contributed by atoms with E-state index >= 15 is 0 Å². The highest BCUT2D eigenvalue weighted by Gasteiger charge is 2.23. The van der Waals surface area contributed by atoms with E-state index in [2.05, 4.69) is 20.1 Å². The van der Waals surface area contributed by atoms with Gasteiger partial charge in [0.1, 0.15) is 6.04 Å². The van der Waals surface area contributed by atoms with E-state index in [9.17, 15) is 19.2 Å². The van der Waals surface area contributed by atoms with Crippen molar-refractivity contribution in [3.8, 4) is 0 Å². The minimum Gasteiger partial charge on any atom is -0.480 e. The fourth-order valence-corrected chi connectivity index (χ4v) is 1.17. The molecule has 9 heteroatoms. The van der Waals surface area contributed by atoms with E-state index in [-0.39, 0.29) is 19.6 Å². The van der Waals surface area contributed by atoms with Crippen LogP contribution in [0.15, 0.2) is 0 Å². The maximum atomic E-state index is 11.4. The molecule has 20 heavy (non-hydrogen) atoms. The standard InChI is InChI=1S/C11H18N2O7/c1-3-20-8(14)4-5-12-11(18)13-7(10(16)17)6-9(15)19-2/h7H,3-6H2,1-2H3,(H,16,17)(H2,12,13,18)/t7-/m0/s1. The molecular weight excluding hydrogens is 272 g/mol. The van der Waals surface area contributed by atoms with E-state index in [0.29, 0.717) is 0 Å². The van der Waals surface area contributed by atoms with E-state index in [1.165, 1.54) is 0 Å². The summed E-state index contributed by atoms with van der Waals surface area (Å²) in [6.07, 6.45) is -0.521. The van der Waals surface area contributed by atoms with Crippen LogP contribution in [0.4, 0.5) is 4.79 Å². The number of nitrogens with one attached hydrogen (secondary N) is 2. The van der Waals surface area contributed by atoms with Crippen molar-refractivity contribution in [2.75, 3.05) is 20.3 Å². The van der Waals surface area contributed by atoms with Crippen LogP contribution in [0.1, 0.15) is 19.8 Å². The molecule has 0 saturated heterocycles. The molecule has 114 valence electrons. The number of rotatable bonds is 8. The Kier molecular flexibility index (Phi) is 8.48. The Morgan fingerprint density at radius 2 is 1.85 bits per heavy atom. The number of hydrogen-bond donors (Lipinski definition) is 3. The highest BCUT2D eigenvalue weighted by Crippen LogP contribution is 1.95. The molecule has 9 nitrogen and oxygen atoms in total. The van der Waals surface area contributed by atoms with Crippen molar-refractivity contribution in [3.63, 3.8) is 0 Å². The van der Waals surface area contributed by atoms with Crippen molar-refractivity contribution in [1.82, 2.24) is 10.6 Å². The molecule has 0 heterocycles. The summed E-state index contributed by atoms with van der Waals surface area (Å²) >= 11 is 0. The van der Waals surface area contributed by atoms with Crippen LogP contribution in [-0.4, -0.2) is 55.3 Å². The van der Waals surface area contributed by atoms with Crippen LogP contribution in [0, 0.1) is 0 Å². The smallest absolute Gasteiger partial charge is 0.326 e. The van der Waals surface area contributed by atoms with E-state index < -0.39 is 36.4 Å². The number of carbonyl (C=O) groups is 4. The first-order valence-corrected chi connectivity index (χ1v) is 5.90. The molecule has 0 aliphatic carbocycles. The molecule has 0 aliphatic heterocycles. The monoisotopic (exact) mass is 290 g/mol. The highest BCUT2D eigenvalue weighted by molar-refractivity contribution is 5.86. The first-order chi connectivity index (χ1) is 9.40. The SMILES string of the molecule is CCOC(=O)CCNC(=O)N[C@@H](CC(=O)OC)C(=O)O. The summed E-state index contributed by atoms with van der Waals surface area (Å²) in [5.74, 6) is -2.60. The van der Waals surface area contributed by atoms with Crippen LogP contribution in [-0.2, 0) is 23.9 Å². The molecule has 0 aliphatic rings. The zero-order chi connectivity index (χ0) is 15.5. The van der Waals surface area contributed by atoms with Crippen LogP contribution in [0.2, 0.25) is 0 Å². The Hall–Kier alpha value is -2.32. The molecule has 0 aromatic carbocycles. The predicted molar refractivity (Wildman–Crippen MR) is 65.8 cm³/mol. The summed E-state index contributed by atoms with van der Waals surface area (Å²) in [7, 11) is 1.11. The predicted octanol–water partition coefficient (Wildman–Crippen LogP) is -0.745. The quantitative estimate of drug-likeness (QED) is 0.501. The number of amides is 2. The van der Waals surface area contributed by atoms with Gasteiger partial charge in [-0.2, -0.15) is 0 Å². The van der Waals surface area contributed by atoms with E-state index in [1.54, 1.807) is 6.92 Å². The van der Waals surface area contributed by atoms with Crippen LogP contribution in [0.5, 0.6) is 0 Å². The fourth-order valence-electron chi connectivity index (χ4n) is 1.17. The van der Waals surface area contributed by atoms with Crippen LogP contribution < -0.4 is 10.6 Å². The lowest BCUT2D eigenvalue weighted by molar-refractivity contribution is -0.147. The lowest BCUT2D eigenvalue weighted by atomic mass is 10.2. The summed E-state index contributed by atoms with van der Waals surface area (Å²) < 4.78 is 8.96. The van der Waals surface area contributed by atoms with Crippen LogP contribution in [0.3, 0.4) is 0 Å². The molecule has 0 radical (unpaired) electrons. The number of carboxylic acids is 1. The van der Waals surface area contributed by atoms with Crippen LogP contribution in [0.25, 0.3) is 0 Å². The van der Waals surface area contributed by atoms with Gasteiger partial charge in [0.25, 0.3) is 0 Å². The van der Waals surface area contributed by atoms with E-state index in [1.807, 2.05) is 0 Å². The van der Waals surface area contributed by atoms with Gasteiger partial charge in [-0.05, 0) is 6.92 Å². The summed E-state index contributed by atoms with van der Waals surface area (Å²) in [6, 6.07) is -2.20. The van der Waals surface area contributed by atoms with Crippen LogP contribution >= 0.6 is 0 Å². The largest absolute Gasteiger partial charge is 0.480 e. The molecule has 1 atom stereocenters. The topological polar surface area (TPSA) is 131 Å². The lowest BCUT2D eigenvalue weighted by Gasteiger charge is -2.13. The molecule has 0 aromatic heterocycles. The number of esters is 2. The summed E-state index contributed by atoms with van der Waals surface area (Å²) in [4.78, 5) is 44.2. The second-order valence-corrected chi connectivity index (χ2v) is 3.63. The minimum atomic E-state index is -1.40. The first-order valence-electron chi connectivity index (χ1n) is 5.90. The van der Waals surface area contributed by atoms with Crippen molar-refractivity contribution in [2.45, 2.75) is 25.8 Å². The first kappa shape index (κ1) is 17.7. The maximum absolute atomic E-state index is 11.4. The third kappa shape index (κ3) is 7.90. The molecule has 3 N–H and O–H groups in total. The number of urea groups is 1. The van der Waals surface area contributed by atoms with Crippen molar-refractivity contribution >= 4 is 23.9 Å². The van der Waals surface area contributed by atoms with Gasteiger partial charge in [0.2, 0.25) is 0 Å². The summed E-state index contributed by atoms with van der Waals surface area (Å²) in [5.41, 5.74) is 0. The Morgan fingerprint density at radius 1 is 1.20 bits per heavy atom. The van der Waals surface area contributed by atoms with Gasteiger partial charge in [-0.1, -0.05) is 0 Å². The van der Waals surface area contributed by atoms with E-state index in [4.69, 9.17) is 5.11 Å². The maximum Gasteiger partial charge on any atom is 0.326 e. The number of ether oxygens (including phenoxy) is 2. The zero-order valence-electron chi connectivity index (χ0n) is 11.3. The van der Waals surface area contributed by atoms with Gasteiger partial charge in [0.15, 0.2) is 0 Å². The molecule has 0 saturated carbocycles. The number of carboxylic acid groups (broad SMARTS) is 1. The van der Waals surface area contributed by atoms with Crippen molar-refractivity contribution in [2.24, 2.45) is 0 Å². The summed E-state index contributed by atoms with van der Waals surface area (Å²) in [5, 5.41) is 13.2. The zero-order valence-corrected chi connectivity index (χ0v) is 11.3. The number of carbonyl (C=O) groups excluding carboxylic acids is 3. The molecule has 0 unspecified atom stereocenters. The van der Waals surface area contributed by atoms with Gasteiger partial charge < -0.3 is 25.2 Å². The molecular formula is C11H18N2O7. The van der Waals surface area contributed by atoms with Gasteiger partial charge in [-0.3, -0.25) is 9.59 Å². The molecule has 0 fully saturated rings. The van der Waals surface area contributed by atoms with Crippen molar-refractivity contribution in [3.05, 3.63) is 0 Å². The lowest BCUT2D eigenvalue weighted by Crippen LogP contribution is -2.47. The Morgan fingerprint density at radius 3 is 2.35 bits per heavy atom. The van der Waals surface area contributed by atoms with Gasteiger partial charge in [-0.15, -0.1) is 0 Å². The number of hydrogen-bond acceptors (Lipinski definition) is 6. The van der Waals surface area contributed by atoms with Gasteiger partial charge in [0, 0.05) is 6.54 Å².